The number of benzene rings is 2. The second-order valence-corrected chi connectivity index (χ2v) is 8.11. The third-order valence-corrected chi connectivity index (χ3v) is 6.06. The quantitative estimate of drug-likeness (QED) is 0.571. The molecule has 4 rings (SSSR count). The van der Waals surface area contributed by atoms with Crippen molar-refractivity contribution in [2.24, 2.45) is 5.92 Å². The van der Waals surface area contributed by atoms with Crippen molar-refractivity contribution in [3.63, 3.8) is 0 Å². The molecule has 4 N–H and O–H groups in total. The molecule has 7 nitrogen and oxygen atoms in total. The molecule has 1 aliphatic carbocycles. The summed E-state index contributed by atoms with van der Waals surface area (Å²) in [6, 6.07) is 17.6. The van der Waals surface area contributed by atoms with Crippen LogP contribution in [0.1, 0.15) is 44.2 Å². The van der Waals surface area contributed by atoms with Gasteiger partial charge in [-0.25, -0.2) is 4.79 Å². The molecule has 156 valence electrons. The van der Waals surface area contributed by atoms with E-state index in [1.54, 1.807) is 0 Å². The first kappa shape index (κ1) is 19.9. The first-order valence-electron chi connectivity index (χ1n) is 10.3. The molecule has 2 aliphatic rings. The van der Waals surface area contributed by atoms with Crippen LogP contribution in [0.4, 0.5) is 16.2 Å². The van der Waals surface area contributed by atoms with Gasteiger partial charge in [-0.2, -0.15) is 0 Å². The summed E-state index contributed by atoms with van der Waals surface area (Å²) in [5.41, 5.74) is 2.09. The van der Waals surface area contributed by atoms with E-state index in [9.17, 15) is 14.4 Å². The van der Waals surface area contributed by atoms with E-state index in [0.717, 1.165) is 11.4 Å². The van der Waals surface area contributed by atoms with Gasteiger partial charge in [0.2, 0.25) is 5.91 Å². The second kappa shape index (κ2) is 8.18. The molecule has 0 aromatic heterocycles. The van der Waals surface area contributed by atoms with Crippen LogP contribution in [0.5, 0.6) is 0 Å². The van der Waals surface area contributed by atoms with Crippen LogP contribution in [-0.4, -0.2) is 23.4 Å². The van der Waals surface area contributed by atoms with Gasteiger partial charge < -0.3 is 16.0 Å². The fraction of sp³-hybridized carbons (Fsp3) is 0.348. The smallest absolute Gasteiger partial charge is 0.322 e. The molecule has 0 bridgehead atoms. The lowest BCUT2D eigenvalue weighted by molar-refractivity contribution is -0.128. The molecule has 1 unspecified atom stereocenters. The number of hydrogen-bond acceptors (Lipinski definition) is 4. The fourth-order valence-electron chi connectivity index (χ4n) is 4.22. The van der Waals surface area contributed by atoms with Gasteiger partial charge in [-0.1, -0.05) is 30.3 Å². The van der Waals surface area contributed by atoms with E-state index in [4.69, 9.17) is 0 Å². The van der Waals surface area contributed by atoms with Crippen molar-refractivity contribution < 1.29 is 14.4 Å². The normalized spacial score (nSPS) is 24.1. The molecule has 30 heavy (non-hydrogen) atoms. The molecule has 1 spiro atoms. The summed E-state index contributed by atoms with van der Waals surface area (Å²) in [6.07, 6.45) is 2.08. The van der Waals surface area contributed by atoms with Crippen LogP contribution < -0.4 is 21.3 Å². The third-order valence-electron chi connectivity index (χ3n) is 6.06. The van der Waals surface area contributed by atoms with Gasteiger partial charge in [-0.15, -0.1) is 0 Å². The highest BCUT2D eigenvalue weighted by atomic mass is 16.2. The van der Waals surface area contributed by atoms with Gasteiger partial charge in [-0.05, 0) is 62.4 Å². The summed E-state index contributed by atoms with van der Waals surface area (Å²) in [7, 11) is 0. The first-order valence-corrected chi connectivity index (χ1v) is 10.3. The highest BCUT2D eigenvalue weighted by Crippen LogP contribution is 2.34. The number of nitrogens with one attached hydrogen (secondary N) is 4. The molecule has 4 amide bonds. The lowest BCUT2D eigenvalue weighted by Gasteiger charge is -2.33. The van der Waals surface area contributed by atoms with Gasteiger partial charge in [0.05, 0.1) is 0 Å². The fourth-order valence-corrected chi connectivity index (χ4v) is 4.22. The van der Waals surface area contributed by atoms with E-state index in [1.807, 2.05) is 42.5 Å². The van der Waals surface area contributed by atoms with Crippen molar-refractivity contribution in [2.75, 3.05) is 10.6 Å². The number of carbonyl (C=O) groups is 3. The number of anilines is 2. The lowest BCUT2D eigenvalue weighted by atomic mass is 9.76. The molecule has 1 heterocycles. The number of hydrogen-bond donors (Lipinski definition) is 4. The van der Waals surface area contributed by atoms with Crippen molar-refractivity contribution in [3.05, 3.63) is 60.2 Å². The zero-order valence-electron chi connectivity index (χ0n) is 16.9. The molecular formula is C23H26N4O3. The minimum atomic E-state index is -0.837. The zero-order chi connectivity index (χ0) is 21.1. The maximum atomic E-state index is 12.6. The van der Waals surface area contributed by atoms with E-state index >= 15 is 0 Å². The molecule has 1 saturated heterocycles. The Morgan fingerprint density at radius 3 is 2.23 bits per heavy atom. The van der Waals surface area contributed by atoms with Crippen LogP contribution in [0.15, 0.2) is 54.6 Å². The van der Waals surface area contributed by atoms with Gasteiger partial charge in [0.15, 0.2) is 0 Å². The maximum absolute atomic E-state index is 12.6. The molecule has 2 aromatic carbocycles. The summed E-state index contributed by atoms with van der Waals surface area (Å²) in [6.45, 7) is 2.11. The number of amides is 4. The third kappa shape index (κ3) is 4.15. The van der Waals surface area contributed by atoms with Gasteiger partial charge in [-0.3, -0.25) is 14.9 Å². The molecule has 2 aromatic rings. The summed E-state index contributed by atoms with van der Waals surface area (Å²) < 4.78 is 0. The second-order valence-electron chi connectivity index (χ2n) is 8.11. The Balaban J connectivity index is 1.30. The van der Waals surface area contributed by atoms with Crippen LogP contribution in [0.2, 0.25) is 0 Å². The van der Waals surface area contributed by atoms with E-state index < -0.39 is 11.6 Å². The monoisotopic (exact) mass is 406 g/mol. The molecule has 2 fully saturated rings. The maximum Gasteiger partial charge on any atom is 0.322 e. The van der Waals surface area contributed by atoms with Gasteiger partial charge in [0, 0.05) is 23.3 Å². The standard InChI is InChI=1S/C23H26N4O3/c1-15(16-5-3-2-4-6-16)24-18-7-9-19(10-8-18)25-20(28)17-11-13-23(14-12-17)21(29)26-22(30)27-23/h2-10,15,17,24H,11-14H2,1H3,(H,25,28)(H2,26,27,29,30). The number of imide groups is 1. The molecule has 1 saturated carbocycles. The summed E-state index contributed by atoms with van der Waals surface area (Å²) in [5, 5.41) is 11.4. The van der Waals surface area contributed by atoms with Crippen LogP contribution in [0.25, 0.3) is 0 Å². The average Bonchev–Trinajstić information content (AvgIpc) is 3.03. The molecule has 1 atom stereocenters. The van der Waals surface area contributed by atoms with Crippen molar-refractivity contribution in [3.8, 4) is 0 Å². The Bertz CT molecular complexity index is 935. The minimum Gasteiger partial charge on any atom is -0.379 e. The zero-order valence-corrected chi connectivity index (χ0v) is 16.9. The Kier molecular flexibility index (Phi) is 5.44. The minimum absolute atomic E-state index is 0.0482. The van der Waals surface area contributed by atoms with Gasteiger partial charge in [0.1, 0.15) is 5.54 Å². The lowest BCUT2D eigenvalue weighted by Crippen LogP contribution is -2.50. The van der Waals surface area contributed by atoms with Crippen LogP contribution in [0, 0.1) is 5.92 Å². The summed E-state index contributed by atoms with van der Waals surface area (Å²) in [5.74, 6) is -0.496. The van der Waals surface area contributed by atoms with Crippen LogP contribution in [0.3, 0.4) is 0 Å². The Labute approximate surface area is 175 Å². The van der Waals surface area contributed by atoms with Crippen molar-refractivity contribution in [2.45, 2.75) is 44.2 Å². The van der Waals surface area contributed by atoms with Gasteiger partial charge in [0.25, 0.3) is 5.91 Å². The molecule has 1 aliphatic heterocycles. The van der Waals surface area contributed by atoms with Crippen LogP contribution >= 0.6 is 0 Å². The van der Waals surface area contributed by atoms with E-state index in [2.05, 4.69) is 40.3 Å². The van der Waals surface area contributed by atoms with Crippen molar-refractivity contribution in [1.29, 1.82) is 0 Å². The molecular weight excluding hydrogens is 380 g/mol. The Hall–Kier alpha value is -3.35. The van der Waals surface area contributed by atoms with Crippen molar-refractivity contribution >= 4 is 29.2 Å². The SMILES string of the molecule is CC(Nc1ccc(NC(=O)C2CCC3(CC2)NC(=O)NC3=O)cc1)c1ccccc1. The average molecular weight is 406 g/mol. The summed E-state index contributed by atoms with van der Waals surface area (Å²) >= 11 is 0. The first-order chi connectivity index (χ1) is 14.4. The van der Waals surface area contributed by atoms with Gasteiger partial charge >= 0.3 is 6.03 Å². The van der Waals surface area contributed by atoms with Crippen LogP contribution in [-0.2, 0) is 9.59 Å². The Morgan fingerprint density at radius 1 is 1.00 bits per heavy atom. The topological polar surface area (TPSA) is 99.3 Å². The van der Waals surface area contributed by atoms with E-state index in [0.29, 0.717) is 25.7 Å². The largest absolute Gasteiger partial charge is 0.379 e. The molecule has 0 radical (unpaired) electrons. The predicted molar refractivity (Wildman–Crippen MR) is 115 cm³/mol. The highest BCUT2D eigenvalue weighted by Gasteiger charge is 2.48. The van der Waals surface area contributed by atoms with E-state index in [-0.39, 0.29) is 23.8 Å². The Morgan fingerprint density at radius 2 is 1.63 bits per heavy atom. The molecule has 7 heteroatoms. The number of carbonyl (C=O) groups excluding carboxylic acids is 3. The number of rotatable bonds is 5. The summed E-state index contributed by atoms with van der Waals surface area (Å²) in [4.78, 5) is 36.1. The highest BCUT2D eigenvalue weighted by molar-refractivity contribution is 6.07. The van der Waals surface area contributed by atoms with Crippen molar-refractivity contribution in [1.82, 2.24) is 10.6 Å². The predicted octanol–water partition coefficient (Wildman–Crippen LogP) is 3.57. The van der Waals surface area contributed by atoms with E-state index in [1.165, 1.54) is 5.56 Å². The number of urea groups is 1.